The van der Waals surface area contributed by atoms with Gasteiger partial charge in [0, 0.05) is 31.9 Å². The van der Waals surface area contributed by atoms with Gasteiger partial charge >= 0.3 is 0 Å². The number of likely N-dealkylation sites (tertiary alicyclic amines) is 1. The zero-order valence-corrected chi connectivity index (χ0v) is 10.3. The number of aromatic nitrogens is 4. The molecule has 0 aliphatic carbocycles. The van der Waals surface area contributed by atoms with E-state index in [0.717, 1.165) is 37.2 Å². The van der Waals surface area contributed by atoms with Gasteiger partial charge in [-0.25, -0.2) is 0 Å². The molecule has 0 spiro atoms. The van der Waals surface area contributed by atoms with E-state index in [4.69, 9.17) is 0 Å². The Labute approximate surface area is 105 Å². The van der Waals surface area contributed by atoms with Gasteiger partial charge in [0.2, 0.25) is 0 Å². The summed E-state index contributed by atoms with van der Waals surface area (Å²) >= 11 is 0. The molecule has 0 saturated carbocycles. The average molecular weight is 245 g/mol. The molecule has 1 N–H and O–H groups in total. The molecule has 3 rings (SSSR count). The van der Waals surface area contributed by atoms with Crippen molar-refractivity contribution in [2.45, 2.75) is 12.8 Å². The van der Waals surface area contributed by atoms with Gasteiger partial charge in [0.1, 0.15) is 0 Å². The minimum atomic E-state index is 0.0557. The lowest BCUT2D eigenvalue weighted by atomic mass is 10.1. The number of amides is 1. The monoisotopic (exact) mass is 245 g/mol. The summed E-state index contributed by atoms with van der Waals surface area (Å²) in [6.45, 7) is 1.69. The predicted molar refractivity (Wildman–Crippen MR) is 65.9 cm³/mol. The van der Waals surface area contributed by atoms with E-state index < -0.39 is 0 Å². The lowest BCUT2D eigenvalue weighted by Crippen LogP contribution is -2.27. The first kappa shape index (κ1) is 11.0. The first-order valence-electron chi connectivity index (χ1n) is 6.07. The van der Waals surface area contributed by atoms with Crippen LogP contribution in [0.5, 0.6) is 0 Å². The first-order chi connectivity index (χ1) is 8.75. The summed E-state index contributed by atoms with van der Waals surface area (Å²) in [5, 5.41) is 11.0. The van der Waals surface area contributed by atoms with Gasteiger partial charge in [-0.1, -0.05) is 0 Å². The van der Waals surface area contributed by atoms with Crippen molar-refractivity contribution in [3.63, 3.8) is 0 Å². The number of carbonyl (C=O) groups excluding carboxylic acids is 1. The maximum absolute atomic E-state index is 12.3. The van der Waals surface area contributed by atoms with Crippen LogP contribution in [0.3, 0.4) is 0 Å². The predicted octanol–water partition coefficient (Wildman–Crippen LogP) is 1.05. The molecule has 6 heteroatoms. The summed E-state index contributed by atoms with van der Waals surface area (Å²) in [7, 11) is 1.85. The van der Waals surface area contributed by atoms with Gasteiger partial charge in [-0.05, 0) is 12.8 Å². The molecule has 3 heterocycles. The Hall–Kier alpha value is -2.11. The van der Waals surface area contributed by atoms with Crippen LogP contribution in [0.2, 0.25) is 0 Å². The van der Waals surface area contributed by atoms with E-state index in [0.29, 0.717) is 5.56 Å². The number of rotatable bonds is 2. The molecule has 94 valence electrons. The number of H-pyrrole nitrogens is 1. The Balaban J connectivity index is 1.93. The molecule has 2 aromatic heterocycles. The highest BCUT2D eigenvalue weighted by Gasteiger charge is 2.23. The number of hydrogen-bond acceptors (Lipinski definition) is 3. The fraction of sp³-hybridized carbons (Fsp3) is 0.417. The molecule has 1 fully saturated rings. The number of hydrogen-bond donors (Lipinski definition) is 1. The van der Waals surface area contributed by atoms with Gasteiger partial charge in [0.25, 0.3) is 5.91 Å². The minimum Gasteiger partial charge on any atom is -0.339 e. The Morgan fingerprint density at radius 3 is 2.78 bits per heavy atom. The molecule has 6 nitrogen and oxygen atoms in total. The fourth-order valence-electron chi connectivity index (χ4n) is 2.31. The molecule has 0 radical (unpaired) electrons. The van der Waals surface area contributed by atoms with Crippen molar-refractivity contribution in [1.82, 2.24) is 24.9 Å². The van der Waals surface area contributed by atoms with Gasteiger partial charge in [-0.2, -0.15) is 10.2 Å². The zero-order valence-electron chi connectivity index (χ0n) is 10.3. The average Bonchev–Trinajstić information content (AvgIpc) is 3.09. The van der Waals surface area contributed by atoms with E-state index in [9.17, 15) is 4.79 Å². The van der Waals surface area contributed by atoms with Gasteiger partial charge in [0.05, 0.1) is 23.7 Å². The smallest absolute Gasteiger partial charge is 0.257 e. The summed E-state index contributed by atoms with van der Waals surface area (Å²) in [6.07, 6.45) is 7.38. The third-order valence-electron chi connectivity index (χ3n) is 3.26. The van der Waals surface area contributed by atoms with E-state index in [-0.39, 0.29) is 5.91 Å². The van der Waals surface area contributed by atoms with Crippen LogP contribution < -0.4 is 0 Å². The van der Waals surface area contributed by atoms with E-state index in [1.54, 1.807) is 17.1 Å². The molecule has 0 aromatic carbocycles. The third kappa shape index (κ3) is 1.79. The highest BCUT2D eigenvalue weighted by Crippen LogP contribution is 2.22. The van der Waals surface area contributed by atoms with Crippen molar-refractivity contribution >= 4 is 5.91 Å². The molecule has 2 aromatic rings. The van der Waals surface area contributed by atoms with E-state index in [1.807, 2.05) is 18.1 Å². The van der Waals surface area contributed by atoms with Crippen LogP contribution in [0.15, 0.2) is 18.6 Å². The molecule has 0 bridgehead atoms. The van der Waals surface area contributed by atoms with Crippen molar-refractivity contribution < 1.29 is 4.79 Å². The van der Waals surface area contributed by atoms with E-state index in [1.165, 1.54) is 0 Å². The standard InChI is InChI=1S/C12H15N5O/c1-16-8-9(6-14-16)11-10(7-13-15-11)12(18)17-4-2-3-5-17/h6-8H,2-5H2,1H3,(H,13,15). The van der Waals surface area contributed by atoms with Gasteiger partial charge in [-0.3, -0.25) is 14.6 Å². The zero-order chi connectivity index (χ0) is 12.5. The molecule has 0 unspecified atom stereocenters. The topological polar surface area (TPSA) is 66.8 Å². The number of aryl methyl sites for hydroxylation is 1. The molecular formula is C12H15N5O. The van der Waals surface area contributed by atoms with Crippen molar-refractivity contribution in [3.05, 3.63) is 24.2 Å². The lowest BCUT2D eigenvalue weighted by molar-refractivity contribution is 0.0793. The van der Waals surface area contributed by atoms with Crippen molar-refractivity contribution in [2.24, 2.45) is 7.05 Å². The van der Waals surface area contributed by atoms with Crippen LogP contribution in [-0.4, -0.2) is 43.9 Å². The van der Waals surface area contributed by atoms with Crippen molar-refractivity contribution in [1.29, 1.82) is 0 Å². The molecule has 18 heavy (non-hydrogen) atoms. The van der Waals surface area contributed by atoms with E-state index in [2.05, 4.69) is 15.3 Å². The first-order valence-corrected chi connectivity index (χ1v) is 6.07. The quantitative estimate of drug-likeness (QED) is 0.859. The maximum Gasteiger partial charge on any atom is 0.257 e. The highest BCUT2D eigenvalue weighted by atomic mass is 16.2. The Kier molecular flexibility index (Phi) is 2.62. The van der Waals surface area contributed by atoms with Gasteiger partial charge < -0.3 is 4.90 Å². The van der Waals surface area contributed by atoms with E-state index >= 15 is 0 Å². The number of nitrogens with zero attached hydrogens (tertiary/aromatic N) is 4. The number of aromatic amines is 1. The second kappa shape index (κ2) is 4.29. The van der Waals surface area contributed by atoms with Crippen LogP contribution in [0.1, 0.15) is 23.2 Å². The van der Waals surface area contributed by atoms with Crippen LogP contribution in [0.25, 0.3) is 11.3 Å². The Morgan fingerprint density at radius 1 is 1.33 bits per heavy atom. The van der Waals surface area contributed by atoms with Crippen molar-refractivity contribution in [3.8, 4) is 11.3 Å². The molecule has 1 amide bonds. The third-order valence-corrected chi connectivity index (χ3v) is 3.26. The Morgan fingerprint density at radius 2 is 2.11 bits per heavy atom. The van der Waals surface area contributed by atoms with Crippen LogP contribution >= 0.6 is 0 Å². The minimum absolute atomic E-state index is 0.0557. The second-order valence-corrected chi connectivity index (χ2v) is 4.56. The maximum atomic E-state index is 12.3. The molecule has 1 aliphatic rings. The van der Waals surface area contributed by atoms with Gasteiger partial charge in [0.15, 0.2) is 0 Å². The normalized spacial score (nSPS) is 15.3. The second-order valence-electron chi connectivity index (χ2n) is 4.56. The summed E-state index contributed by atoms with van der Waals surface area (Å²) in [6, 6.07) is 0. The fourth-order valence-corrected chi connectivity index (χ4v) is 2.31. The molecule has 1 aliphatic heterocycles. The Bertz CT molecular complexity index is 565. The molecule has 0 atom stereocenters. The number of nitrogens with one attached hydrogen (secondary N) is 1. The van der Waals surface area contributed by atoms with Crippen LogP contribution in [0, 0.1) is 0 Å². The SMILES string of the molecule is Cn1cc(-c2[nH]ncc2C(=O)N2CCCC2)cn1. The largest absolute Gasteiger partial charge is 0.339 e. The molecule has 1 saturated heterocycles. The summed E-state index contributed by atoms with van der Waals surface area (Å²) in [5.74, 6) is 0.0557. The summed E-state index contributed by atoms with van der Waals surface area (Å²) in [5.41, 5.74) is 2.27. The van der Waals surface area contributed by atoms with Gasteiger partial charge in [-0.15, -0.1) is 0 Å². The molecular weight excluding hydrogens is 230 g/mol. The lowest BCUT2D eigenvalue weighted by Gasteiger charge is -2.14. The van der Waals surface area contributed by atoms with Crippen LogP contribution in [-0.2, 0) is 7.05 Å². The highest BCUT2D eigenvalue weighted by molar-refractivity contribution is 5.99. The number of carbonyl (C=O) groups is 1. The summed E-state index contributed by atoms with van der Waals surface area (Å²) in [4.78, 5) is 14.2. The van der Waals surface area contributed by atoms with Crippen molar-refractivity contribution in [2.75, 3.05) is 13.1 Å². The van der Waals surface area contributed by atoms with Crippen LogP contribution in [0.4, 0.5) is 0 Å². The summed E-state index contributed by atoms with van der Waals surface area (Å²) < 4.78 is 1.71.